The van der Waals surface area contributed by atoms with Crippen LogP contribution in [0.4, 0.5) is 10.1 Å². The van der Waals surface area contributed by atoms with Crippen LogP contribution >= 0.6 is 0 Å². The number of halogens is 1. The molecule has 1 unspecified atom stereocenters. The second kappa shape index (κ2) is 4.75. The van der Waals surface area contributed by atoms with Gasteiger partial charge >= 0.3 is 0 Å². The molecule has 0 saturated carbocycles. The number of benzene rings is 1. The zero-order chi connectivity index (χ0) is 11.4. The summed E-state index contributed by atoms with van der Waals surface area (Å²) in [5, 5.41) is 3.26. The Morgan fingerprint density at radius 3 is 2.81 bits per heavy atom. The Hall–Kier alpha value is -1.90. The van der Waals surface area contributed by atoms with Gasteiger partial charge in [0.25, 0.3) is 0 Å². The van der Waals surface area contributed by atoms with Crippen LogP contribution in [0.5, 0.6) is 0 Å². The van der Waals surface area contributed by atoms with Crippen LogP contribution in [0.2, 0.25) is 0 Å². The van der Waals surface area contributed by atoms with Gasteiger partial charge in [0.05, 0.1) is 5.69 Å². The van der Waals surface area contributed by atoms with Crippen LogP contribution in [0, 0.1) is 5.82 Å². The molecule has 0 aliphatic heterocycles. The van der Waals surface area contributed by atoms with Crippen LogP contribution in [0.3, 0.4) is 0 Å². The summed E-state index contributed by atoms with van der Waals surface area (Å²) < 4.78 is 13.0. The summed E-state index contributed by atoms with van der Waals surface area (Å²) in [5.74, 6) is -0.211. The number of hydrogen-bond donors (Lipinski definition) is 1. The molecule has 0 bridgehead atoms. The highest BCUT2D eigenvalue weighted by Gasteiger charge is 2.05. The molecule has 1 atom stereocenters. The van der Waals surface area contributed by atoms with Crippen molar-refractivity contribution in [3.63, 3.8) is 0 Å². The van der Waals surface area contributed by atoms with E-state index in [-0.39, 0.29) is 11.9 Å². The zero-order valence-electron chi connectivity index (χ0n) is 9.02. The van der Waals surface area contributed by atoms with Gasteiger partial charge in [-0.05, 0) is 36.8 Å². The molecule has 0 saturated heterocycles. The zero-order valence-corrected chi connectivity index (χ0v) is 9.02. The first-order valence-electron chi connectivity index (χ1n) is 5.18. The van der Waals surface area contributed by atoms with Crippen molar-refractivity contribution in [3.8, 4) is 0 Å². The third-order valence-electron chi connectivity index (χ3n) is 2.39. The summed E-state index contributed by atoms with van der Waals surface area (Å²) >= 11 is 0. The summed E-state index contributed by atoms with van der Waals surface area (Å²) in [6.45, 7) is 1.99. The highest BCUT2D eigenvalue weighted by molar-refractivity contribution is 5.42. The van der Waals surface area contributed by atoms with Gasteiger partial charge in [-0.25, -0.2) is 4.39 Å². The van der Waals surface area contributed by atoms with Crippen molar-refractivity contribution in [1.29, 1.82) is 0 Å². The molecule has 1 aromatic carbocycles. The first kappa shape index (κ1) is 10.6. The Labute approximate surface area is 94.2 Å². The lowest BCUT2D eigenvalue weighted by atomic mass is 10.1. The van der Waals surface area contributed by atoms with Crippen LogP contribution in [-0.4, -0.2) is 4.98 Å². The molecule has 0 aliphatic carbocycles. The maximum Gasteiger partial charge on any atom is 0.123 e. The van der Waals surface area contributed by atoms with Gasteiger partial charge in [0, 0.05) is 18.4 Å². The Balaban J connectivity index is 2.12. The molecule has 3 heteroatoms. The lowest BCUT2D eigenvalue weighted by Gasteiger charge is -2.15. The van der Waals surface area contributed by atoms with Crippen molar-refractivity contribution in [2.24, 2.45) is 0 Å². The van der Waals surface area contributed by atoms with Crippen molar-refractivity contribution in [2.45, 2.75) is 13.0 Å². The maximum absolute atomic E-state index is 13.0. The molecule has 2 rings (SSSR count). The topological polar surface area (TPSA) is 24.9 Å². The smallest absolute Gasteiger partial charge is 0.123 e. The number of nitrogens with zero attached hydrogens (tertiary/aromatic N) is 1. The second-order valence-corrected chi connectivity index (χ2v) is 3.66. The van der Waals surface area contributed by atoms with Gasteiger partial charge in [0.15, 0.2) is 0 Å². The molecule has 0 fully saturated rings. The fourth-order valence-electron chi connectivity index (χ4n) is 1.56. The fourth-order valence-corrected chi connectivity index (χ4v) is 1.56. The lowest BCUT2D eigenvalue weighted by molar-refractivity contribution is 0.623. The van der Waals surface area contributed by atoms with Crippen LogP contribution in [0.15, 0.2) is 48.8 Å². The van der Waals surface area contributed by atoms with Gasteiger partial charge < -0.3 is 5.32 Å². The van der Waals surface area contributed by atoms with Crippen LogP contribution in [0.1, 0.15) is 18.5 Å². The van der Waals surface area contributed by atoms with Crippen molar-refractivity contribution in [2.75, 3.05) is 5.32 Å². The summed E-state index contributed by atoms with van der Waals surface area (Å²) in [4.78, 5) is 4.01. The Morgan fingerprint density at radius 1 is 1.25 bits per heavy atom. The number of pyridine rings is 1. The van der Waals surface area contributed by atoms with Gasteiger partial charge in [-0.3, -0.25) is 4.98 Å². The van der Waals surface area contributed by atoms with Crippen LogP contribution < -0.4 is 5.32 Å². The molecule has 1 heterocycles. The minimum absolute atomic E-state index is 0.0555. The first-order chi connectivity index (χ1) is 7.75. The second-order valence-electron chi connectivity index (χ2n) is 3.66. The highest BCUT2D eigenvalue weighted by Crippen LogP contribution is 2.18. The SMILES string of the molecule is CC(Nc1cccnc1)c1cccc(F)c1. The van der Waals surface area contributed by atoms with Gasteiger partial charge in [-0.15, -0.1) is 0 Å². The van der Waals surface area contributed by atoms with Crippen molar-refractivity contribution >= 4 is 5.69 Å². The normalized spacial score (nSPS) is 12.1. The molecular formula is C13H13FN2. The predicted octanol–water partition coefficient (Wildman–Crippen LogP) is 3.39. The summed E-state index contributed by atoms with van der Waals surface area (Å²) in [6, 6.07) is 10.4. The van der Waals surface area contributed by atoms with Crippen LogP contribution in [-0.2, 0) is 0 Å². The molecular weight excluding hydrogens is 203 g/mol. The highest BCUT2D eigenvalue weighted by atomic mass is 19.1. The monoisotopic (exact) mass is 216 g/mol. The van der Waals surface area contributed by atoms with E-state index in [0.717, 1.165) is 11.3 Å². The largest absolute Gasteiger partial charge is 0.377 e. The molecule has 0 amide bonds. The minimum atomic E-state index is -0.211. The molecule has 1 aromatic heterocycles. The van der Waals surface area contributed by atoms with Gasteiger partial charge in [-0.1, -0.05) is 12.1 Å². The average Bonchev–Trinajstić information content (AvgIpc) is 2.30. The van der Waals surface area contributed by atoms with E-state index in [1.165, 1.54) is 12.1 Å². The number of aromatic nitrogens is 1. The van der Waals surface area contributed by atoms with Gasteiger partial charge in [0.1, 0.15) is 5.82 Å². The van der Waals surface area contributed by atoms with Crippen molar-refractivity contribution in [1.82, 2.24) is 4.98 Å². The Bertz CT molecular complexity index is 456. The molecule has 16 heavy (non-hydrogen) atoms. The van der Waals surface area contributed by atoms with E-state index < -0.39 is 0 Å². The van der Waals surface area contributed by atoms with E-state index in [2.05, 4.69) is 10.3 Å². The third kappa shape index (κ3) is 2.57. The molecule has 2 nitrogen and oxygen atoms in total. The predicted molar refractivity (Wildman–Crippen MR) is 62.7 cm³/mol. The maximum atomic E-state index is 13.0. The average molecular weight is 216 g/mol. The molecule has 0 aliphatic rings. The summed E-state index contributed by atoms with van der Waals surface area (Å²) in [6.07, 6.45) is 3.47. The standard InChI is InChI=1S/C13H13FN2/c1-10(11-4-2-5-12(14)8-11)16-13-6-3-7-15-9-13/h2-10,16H,1H3. The molecule has 0 spiro atoms. The number of hydrogen-bond acceptors (Lipinski definition) is 2. The van der Waals surface area contributed by atoms with E-state index in [9.17, 15) is 4.39 Å². The lowest BCUT2D eigenvalue weighted by Crippen LogP contribution is -2.06. The van der Waals surface area contributed by atoms with E-state index in [4.69, 9.17) is 0 Å². The quantitative estimate of drug-likeness (QED) is 0.850. The van der Waals surface area contributed by atoms with E-state index in [0.29, 0.717) is 0 Å². The van der Waals surface area contributed by atoms with E-state index in [1.54, 1.807) is 18.5 Å². The van der Waals surface area contributed by atoms with Crippen molar-refractivity contribution < 1.29 is 4.39 Å². The molecule has 1 N–H and O–H groups in total. The summed E-state index contributed by atoms with van der Waals surface area (Å²) in [7, 11) is 0. The number of anilines is 1. The Kier molecular flexibility index (Phi) is 3.15. The fraction of sp³-hybridized carbons (Fsp3) is 0.154. The molecule has 0 radical (unpaired) electrons. The van der Waals surface area contributed by atoms with Gasteiger partial charge in [0.2, 0.25) is 0 Å². The van der Waals surface area contributed by atoms with E-state index >= 15 is 0 Å². The van der Waals surface area contributed by atoms with Crippen molar-refractivity contribution in [3.05, 3.63) is 60.2 Å². The third-order valence-corrected chi connectivity index (χ3v) is 2.39. The minimum Gasteiger partial charge on any atom is -0.377 e. The summed E-state index contributed by atoms with van der Waals surface area (Å²) in [5.41, 5.74) is 1.85. The number of rotatable bonds is 3. The van der Waals surface area contributed by atoms with Gasteiger partial charge in [-0.2, -0.15) is 0 Å². The van der Waals surface area contributed by atoms with Crippen LogP contribution in [0.25, 0.3) is 0 Å². The van der Waals surface area contributed by atoms with E-state index in [1.807, 2.05) is 25.1 Å². The molecule has 2 aromatic rings. The first-order valence-corrected chi connectivity index (χ1v) is 5.18. The number of nitrogens with one attached hydrogen (secondary N) is 1. The molecule has 82 valence electrons. The Morgan fingerprint density at radius 2 is 2.12 bits per heavy atom.